The van der Waals surface area contributed by atoms with E-state index in [-0.39, 0.29) is 16.7 Å². The summed E-state index contributed by atoms with van der Waals surface area (Å²) < 4.78 is 0.460. The smallest absolute Gasteiger partial charge is 0.313 e. The van der Waals surface area contributed by atoms with Gasteiger partial charge in [0.15, 0.2) is 4.34 Å². The molecule has 0 aliphatic carbocycles. The van der Waals surface area contributed by atoms with Crippen LogP contribution in [0, 0.1) is 6.92 Å². The molecule has 1 amide bonds. The predicted molar refractivity (Wildman–Crippen MR) is 77.4 cm³/mol. The van der Waals surface area contributed by atoms with E-state index < -0.39 is 5.97 Å². The number of benzene rings is 1. The molecule has 104 valence electrons. The summed E-state index contributed by atoms with van der Waals surface area (Å²) in [4.78, 5) is 22.4. The summed E-state index contributed by atoms with van der Waals surface area (Å²) in [6.45, 7) is 1.89. The van der Waals surface area contributed by atoms with Gasteiger partial charge in [0.2, 0.25) is 5.01 Å². The third kappa shape index (κ3) is 3.78. The fourth-order valence-corrected chi connectivity index (χ4v) is 2.84. The molecule has 0 spiro atoms. The Morgan fingerprint density at radius 1 is 1.35 bits per heavy atom. The van der Waals surface area contributed by atoms with E-state index in [1.54, 1.807) is 6.07 Å². The summed E-state index contributed by atoms with van der Waals surface area (Å²) in [5.74, 6) is -1.39. The predicted octanol–water partition coefficient (Wildman–Crippen LogP) is 2.28. The minimum Gasteiger partial charge on any atom is -0.481 e. The first-order valence-electron chi connectivity index (χ1n) is 5.61. The number of aromatic nitrogens is 2. The topological polar surface area (TPSA) is 92.2 Å². The number of carboxylic acids is 1. The molecule has 2 rings (SSSR count). The molecule has 1 aromatic carbocycles. The number of amides is 1. The molecule has 2 aromatic rings. The minimum atomic E-state index is -0.934. The molecule has 8 heteroatoms. The quantitative estimate of drug-likeness (QED) is 0.823. The van der Waals surface area contributed by atoms with Crippen molar-refractivity contribution >= 4 is 40.7 Å². The van der Waals surface area contributed by atoms with Gasteiger partial charge in [-0.25, -0.2) is 0 Å². The molecule has 0 atom stereocenters. The van der Waals surface area contributed by atoms with E-state index in [4.69, 9.17) is 5.11 Å². The van der Waals surface area contributed by atoms with Crippen LogP contribution < -0.4 is 5.32 Å². The molecule has 0 fully saturated rings. The number of nitrogens with one attached hydrogen (secondary N) is 1. The molecule has 1 aromatic heterocycles. The first kappa shape index (κ1) is 14.5. The Morgan fingerprint density at radius 2 is 2.10 bits per heavy atom. The Bertz CT molecular complexity index is 642. The van der Waals surface area contributed by atoms with Crippen LogP contribution in [-0.4, -0.2) is 32.9 Å². The molecule has 2 N–H and O–H groups in total. The lowest BCUT2D eigenvalue weighted by atomic mass is 10.2. The molecule has 0 saturated carbocycles. The van der Waals surface area contributed by atoms with Crippen LogP contribution in [0.25, 0.3) is 0 Å². The van der Waals surface area contributed by atoms with E-state index in [2.05, 4.69) is 15.5 Å². The second-order valence-electron chi connectivity index (χ2n) is 3.82. The zero-order valence-electron chi connectivity index (χ0n) is 10.5. The van der Waals surface area contributed by atoms with Crippen LogP contribution in [0.3, 0.4) is 0 Å². The van der Waals surface area contributed by atoms with Crippen molar-refractivity contribution in [2.24, 2.45) is 0 Å². The molecule has 0 aliphatic heterocycles. The molecule has 1 heterocycles. The number of carboxylic acid groups (broad SMARTS) is 1. The Kier molecular flexibility index (Phi) is 4.70. The van der Waals surface area contributed by atoms with Gasteiger partial charge in [0.25, 0.3) is 5.91 Å². The van der Waals surface area contributed by atoms with Gasteiger partial charge in [-0.3, -0.25) is 9.59 Å². The summed E-state index contributed by atoms with van der Waals surface area (Å²) in [6, 6.07) is 7.41. The van der Waals surface area contributed by atoms with Gasteiger partial charge in [0.1, 0.15) is 0 Å². The summed E-state index contributed by atoms with van der Waals surface area (Å²) in [5, 5.41) is 19.1. The Hall–Kier alpha value is -1.93. The lowest BCUT2D eigenvalue weighted by Crippen LogP contribution is -2.12. The van der Waals surface area contributed by atoms with Crippen molar-refractivity contribution in [1.82, 2.24) is 10.2 Å². The van der Waals surface area contributed by atoms with E-state index in [0.717, 1.165) is 28.7 Å². The minimum absolute atomic E-state index is 0.103. The van der Waals surface area contributed by atoms with Gasteiger partial charge in [-0.1, -0.05) is 41.3 Å². The molecule has 0 bridgehead atoms. The van der Waals surface area contributed by atoms with Crippen molar-refractivity contribution in [3.63, 3.8) is 0 Å². The Morgan fingerprint density at radius 3 is 2.80 bits per heavy atom. The highest BCUT2D eigenvalue weighted by Crippen LogP contribution is 2.23. The van der Waals surface area contributed by atoms with Crippen LogP contribution in [0.5, 0.6) is 0 Å². The first-order chi connectivity index (χ1) is 9.56. The summed E-state index contributed by atoms with van der Waals surface area (Å²) in [6.07, 6.45) is 0. The number of carbonyl (C=O) groups is 2. The average Bonchev–Trinajstić information content (AvgIpc) is 2.88. The van der Waals surface area contributed by atoms with Gasteiger partial charge >= 0.3 is 5.97 Å². The third-order valence-corrected chi connectivity index (χ3v) is 4.35. The summed E-state index contributed by atoms with van der Waals surface area (Å²) in [5.41, 5.74) is 1.67. The number of thioether (sulfide) groups is 1. The SMILES string of the molecule is Cc1ccccc1NC(=O)c1nnc(SCC(=O)O)s1. The third-order valence-electron chi connectivity index (χ3n) is 2.31. The van der Waals surface area contributed by atoms with Crippen molar-refractivity contribution < 1.29 is 14.7 Å². The van der Waals surface area contributed by atoms with E-state index in [0.29, 0.717) is 10.0 Å². The number of rotatable bonds is 5. The zero-order chi connectivity index (χ0) is 14.5. The van der Waals surface area contributed by atoms with Crippen LogP contribution in [0.1, 0.15) is 15.4 Å². The van der Waals surface area contributed by atoms with E-state index in [1.165, 1.54) is 0 Å². The molecule has 0 unspecified atom stereocenters. The fourth-order valence-electron chi connectivity index (χ4n) is 1.37. The second-order valence-corrected chi connectivity index (χ2v) is 6.02. The molecule has 0 saturated heterocycles. The van der Waals surface area contributed by atoms with Gasteiger partial charge in [0.05, 0.1) is 5.75 Å². The monoisotopic (exact) mass is 309 g/mol. The van der Waals surface area contributed by atoms with Crippen LogP contribution >= 0.6 is 23.1 Å². The normalized spacial score (nSPS) is 10.2. The fraction of sp³-hybridized carbons (Fsp3) is 0.167. The van der Waals surface area contributed by atoms with Gasteiger partial charge in [0, 0.05) is 5.69 Å². The number of para-hydroxylation sites is 1. The lowest BCUT2D eigenvalue weighted by Gasteiger charge is -2.05. The molecule has 20 heavy (non-hydrogen) atoms. The van der Waals surface area contributed by atoms with Crippen LogP contribution in [-0.2, 0) is 4.79 Å². The van der Waals surface area contributed by atoms with Gasteiger partial charge in [-0.15, -0.1) is 10.2 Å². The molecular weight excluding hydrogens is 298 g/mol. The molecular formula is C12H11N3O3S2. The number of aryl methyl sites for hydroxylation is 1. The molecule has 0 aliphatic rings. The van der Waals surface area contributed by atoms with Gasteiger partial charge in [-0.05, 0) is 18.6 Å². The maximum Gasteiger partial charge on any atom is 0.313 e. The zero-order valence-corrected chi connectivity index (χ0v) is 12.1. The van der Waals surface area contributed by atoms with Crippen LogP contribution in [0.15, 0.2) is 28.6 Å². The standard InChI is InChI=1S/C12H11N3O3S2/c1-7-4-2-3-5-8(7)13-10(18)11-14-15-12(20-11)19-6-9(16)17/h2-5H,6H2,1H3,(H,13,18)(H,16,17). The van der Waals surface area contributed by atoms with Crippen molar-refractivity contribution in [2.75, 3.05) is 11.1 Å². The van der Waals surface area contributed by atoms with Gasteiger partial charge in [-0.2, -0.15) is 0 Å². The highest BCUT2D eigenvalue weighted by molar-refractivity contribution is 8.01. The number of hydrogen-bond donors (Lipinski definition) is 2. The van der Waals surface area contributed by atoms with E-state index in [9.17, 15) is 9.59 Å². The van der Waals surface area contributed by atoms with E-state index in [1.807, 2.05) is 25.1 Å². The first-order valence-corrected chi connectivity index (χ1v) is 7.41. The largest absolute Gasteiger partial charge is 0.481 e. The average molecular weight is 309 g/mol. The van der Waals surface area contributed by atoms with Crippen molar-refractivity contribution in [3.05, 3.63) is 34.8 Å². The second kappa shape index (κ2) is 6.49. The number of anilines is 1. The number of hydrogen-bond acceptors (Lipinski definition) is 6. The van der Waals surface area contributed by atoms with Gasteiger partial charge < -0.3 is 10.4 Å². The summed E-state index contributed by atoms with van der Waals surface area (Å²) >= 11 is 2.12. The van der Waals surface area contributed by atoms with Crippen molar-refractivity contribution in [1.29, 1.82) is 0 Å². The highest BCUT2D eigenvalue weighted by Gasteiger charge is 2.14. The maximum atomic E-state index is 12.0. The van der Waals surface area contributed by atoms with Crippen LogP contribution in [0.2, 0.25) is 0 Å². The molecule has 0 radical (unpaired) electrons. The Balaban J connectivity index is 2.03. The number of nitrogens with zero attached hydrogens (tertiary/aromatic N) is 2. The van der Waals surface area contributed by atoms with Crippen LogP contribution in [0.4, 0.5) is 5.69 Å². The van der Waals surface area contributed by atoms with Crippen molar-refractivity contribution in [2.45, 2.75) is 11.3 Å². The van der Waals surface area contributed by atoms with E-state index >= 15 is 0 Å². The molecule has 6 nitrogen and oxygen atoms in total. The number of aliphatic carboxylic acids is 1. The highest BCUT2D eigenvalue weighted by atomic mass is 32.2. The maximum absolute atomic E-state index is 12.0. The number of carbonyl (C=O) groups excluding carboxylic acids is 1. The lowest BCUT2D eigenvalue weighted by molar-refractivity contribution is -0.133. The Labute approximate surface area is 123 Å². The van der Waals surface area contributed by atoms with Crippen molar-refractivity contribution in [3.8, 4) is 0 Å². The summed E-state index contributed by atoms with van der Waals surface area (Å²) in [7, 11) is 0.